The van der Waals surface area contributed by atoms with Gasteiger partial charge in [-0.05, 0) is 36.4 Å². The number of halogens is 1. The monoisotopic (exact) mass is 494 g/mol. The van der Waals surface area contributed by atoms with E-state index in [9.17, 15) is 13.2 Å². The Balaban J connectivity index is 1.41. The van der Waals surface area contributed by atoms with Crippen molar-refractivity contribution in [1.82, 2.24) is 9.21 Å². The Labute approximate surface area is 199 Å². The van der Waals surface area contributed by atoms with Gasteiger partial charge in [0, 0.05) is 24.2 Å². The van der Waals surface area contributed by atoms with Crippen LogP contribution < -0.4 is 14.4 Å². The minimum Gasteiger partial charge on any atom is -0.454 e. The van der Waals surface area contributed by atoms with E-state index in [0.717, 1.165) is 36.7 Å². The molecule has 0 saturated carbocycles. The number of rotatable bonds is 7. The number of quaternary nitrogens is 1. The topological polar surface area (TPSA) is 80.6 Å². The fraction of sp³-hybridized carbons (Fsp3) is 0.435. The molecule has 0 spiro atoms. The van der Waals surface area contributed by atoms with E-state index in [0.29, 0.717) is 31.7 Å². The molecule has 2 aromatic rings. The zero-order chi connectivity index (χ0) is 23.6. The summed E-state index contributed by atoms with van der Waals surface area (Å²) in [6, 6.07) is 10.5. The molecule has 178 valence electrons. The summed E-state index contributed by atoms with van der Waals surface area (Å²) in [4.78, 5) is 16.3. The Hall–Kier alpha value is -2.33. The number of hydrogen-bond acceptors (Lipinski definition) is 5. The van der Waals surface area contributed by atoms with Gasteiger partial charge in [-0.3, -0.25) is 4.79 Å². The Morgan fingerprint density at radius 1 is 1.06 bits per heavy atom. The van der Waals surface area contributed by atoms with Crippen molar-refractivity contribution in [3.05, 3.63) is 52.5 Å². The maximum atomic E-state index is 13.1. The number of benzene rings is 2. The number of nitrogens with zero attached hydrogens (tertiary/aromatic N) is 2. The van der Waals surface area contributed by atoms with Gasteiger partial charge in [-0.1, -0.05) is 25.4 Å². The van der Waals surface area contributed by atoms with Gasteiger partial charge < -0.3 is 19.3 Å². The quantitative estimate of drug-likeness (QED) is 0.633. The summed E-state index contributed by atoms with van der Waals surface area (Å²) >= 11 is 6.21. The van der Waals surface area contributed by atoms with Gasteiger partial charge in [0.1, 0.15) is 11.4 Å². The molecular weight excluding hydrogens is 466 g/mol. The van der Waals surface area contributed by atoms with Crippen LogP contribution >= 0.6 is 11.6 Å². The van der Waals surface area contributed by atoms with Crippen LogP contribution in [0.5, 0.6) is 11.5 Å². The van der Waals surface area contributed by atoms with Crippen molar-refractivity contribution in [2.24, 2.45) is 0 Å². The summed E-state index contributed by atoms with van der Waals surface area (Å²) in [5.74, 6) is 1.37. The van der Waals surface area contributed by atoms with Crippen molar-refractivity contribution in [3.8, 4) is 11.5 Å². The Morgan fingerprint density at radius 2 is 1.76 bits per heavy atom. The average molecular weight is 495 g/mol. The average Bonchev–Trinajstić information content (AvgIpc) is 3.28. The van der Waals surface area contributed by atoms with Crippen LogP contribution in [0.3, 0.4) is 0 Å². The molecule has 1 N–H and O–H groups in total. The van der Waals surface area contributed by atoms with Gasteiger partial charge >= 0.3 is 0 Å². The van der Waals surface area contributed by atoms with E-state index in [2.05, 4.69) is 0 Å². The van der Waals surface area contributed by atoms with Crippen LogP contribution in [0.15, 0.2) is 41.3 Å². The minimum absolute atomic E-state index is 0.0224. The van der Waals surface area contributed by atoms with Gasteiger partial charge in [0.05, 0.1) is 31.2 Å². The molecule has 4 rings (SSSR count). The summed E-state index contributed by atoms with van der Waals surface area (Å²) < 4.78 is 38.1. The molecule has 2 aromatic carbocycles. The molecule has 1 fully saturated rings. The van der Waals surface area contributed by atoms with Crippen LogP contribution in [0.2, 0.25) is 5.02 Å². The smallest absolute Gasteiger partial charge is 0.254 e. The van der Waals surface area contributed by atoms with Gasteiger partial charge in [0.15, 0.2) is 11.5 Å². The third-order valence-electron chi connectivity index (χ3n) is 6.15. The molecule has 0 aromatic heterocycles. The van der Waals surface area contributed by atoms with Crippen molar-refractivity contribution in [1.29, 1.82) is 0 Å². The maximum Gasteiger partial charge on any atom is 0.254 e. The number of ether oxygens (including phenoxy) is 2. The maximum absolute atomic E-state index is 13.1. The molecule has 0 aliphatic carbocycles. The third-order valence-corrected chi connectivity index (χ3v) is 8.68. The van der Waals surface area contributed by atoms with E-state index in [1.54, 1.807) is 24.8 Å². The van der Waals surface area contributed by atoms with Crippen LogP contribution in [0, 0.1) is 0 Å². The lowest BCUT2D eigenvalue weighted by Gasteiger charge is -2.32. The number of piperazine rings is 1. The molecular formula is C23H29ClN3O5S+. The standard InChI is InChI=1S/C23H28ClN3O5S/c1-3-27(4-2)33(29,30)22-14-18(6-7-19(22)24)23(28)26-11-9-25(10-12-26)15-17-5-8-20-21(13-17)32-16-31-20/h5-8,13-14H,3-4,9-12,15-16H2,1-2H3/p+1. The largest absolute Gasteiger partial charge is 0.454 e. The SMILES string of the molecule is CCN(CC)S(=O)(=O)c1cc(C(=O)N2CC[NH+](Cc3ccc4c(c3)OCO4)CC2)ccc1Cl. The van der Waals surface area contributed by atoms with Gasteiger partial charge in [0.25, 0.3) is 5.91 Å². The van der Waals surface area contributed by atoms with Crippen molar-refractivity contribution >= 4 is 27.5 Å². The van der Waals surface area contributed by atoms with Crippen LogP contribution in [0.4, 0.5) is 0 Å². The summed E-state index contributed by atoms with van der Waals surface area (Å²) in [7, 11) is -3.76. The molecule has 0 unspecified atom stereocenters. The lowest BCUT2D eigenvalue weighted by atomic mass is 10.1. The number of fused-ring (bicyclic) bond motifs is 1. The first-order valence-electron chi connectivity index (χ1n) is 11.1. The van der Waals surface area contributed by atoms with E-state index in [1.165, 1.54) is 21.3 Å². The van der Waals surface area contributed by atoms with E-state index < -0.39 is 10.0 Å². The second-order valence-electron chi connectivity index (χ2n) is 8.14. The Kier molecular flexibility index (Phi) is 7.13. The molecule has 1 amide bonds. The van der Waals surface area contributed by atoms with E-state index in [1.807, 2.05) is 18.2 Å². The van der Waals surface area contributed by atoms with E-state index in [4.69, 9.17) is 21.1 Å². The zero-order valence-corrected chi connectivity index (χ0v) is 20.4. The van der Waals surface area contributed by atoms with Crippen molar-refractivity contribution < 1.29 is 27.6 Å². The predicted octanol–water partition coefficient (Wildman–Crippen LogP) is 1.64. The van der Waals surface area contributed by atoms with Crippen LogP contribution in [0.25, 0.3) is 0 Å². The minimum atomic E-state index is -3.76. The third kappa shape index (κ3) is 4.96. The molecule has 2 heterocycles. The molecule has 0 radical (unpaired) electrons. The fourth-order valence-electron chi connectivity index (χ4n) is 4.26. The normalized spacial score (nSPS) is 16.4. The zero-order valence-electron chi connectivity index (χ0n) is 18.8. The highest BCUT2D eigenvalue weighted by Gasteiger charge is 2.29. The number of carbonyl (C=O) groups is 1. The first-order valence-corrected chi connectivity index (χ1v) is 13.0. The van der Waals surface area contributed by atoms with Crippen LogP contribution in [-0.2, 0) is 16.6 Å². The fourth-order valence-corrected chi connectivity index (χ4v) is 6.22. The van der Waals surface area contributed by atoms with E-state index >= 15 is 0 Å². The second-order valence-corrected chi connectivity index (χ2v) is 10.5. The molecule has 33 heavy (non-hydrogen) atoms. The summed E-state index contributed by atoms with van der Waals surface area (Å²) in [6.07, 6.45) is 0. The summed E-state index contributed by atoms with van der Waals surface area (Å²) in [6.45, 7) is 8.12. The molecule has 0 bridgehead atoms. The van der Waals surface area contributed by atoms with Crippen molar-refractivity contribution in [2.75, 3.05) is 46.1 Å². The summed E-state index contributed by atoms with van der Waals surface area (Å²) in [5, 5.41) is 0.122. The van der Waals surface area contributed by atoms with Crippen LogP contribution in [0.1, 0.15) is 29.8 Å². The van der Waals surface area contributed by atoms with Crippen molar-refractivity contribution in [3.63, 3.8) is 0 Å². The lowest BCUT2D eigenvalue weighted by Crippen LogP contribution is -3.13. The summed E-state index contributed by atoms with van der Waals surface area (Å²) in [5.41, 5.74) is 1.50. The highest BCUT2D eigenvalue weighted by molar-refractivity contribution is 7.89. The Morgan fingerprint density at radius 3 is 2.45 bits per heavy atom. The number of amides is 1. The lowest BCUT2D eigenvalue weighted by molar-refractivity contribution is -0.917. The number of nitrogens with one attached hydrogen (secondary N) is 1. The van der Waals surface area contributed by atoms with Gasteiger partial charge in [-0.15, -0.1) is 0 Å². The number of carbonyl (C=O) groups excluding carboxylic acids is 1. The molecule has 10 heteroatoms. The predicted molar refractivity (Wildman–Crippen MR) is 124 cm³/mol. The van der Waals surface area contributed by atoms with Gasteiger partial charge in [0.2, 0.25) is 16.8 Å². The molecule has 1 saturated heterocycles. The van der Waals surface area contributed by atoms with Gasteiger partial charge in [-0.25, -0.2) is 8.42 Å². The van der Waals surface area contributed by atoms with Crippen LogP contribution in [-0.4, -0.2) is 69.6 Å². The first-order chi connectivity index (χ1) is 15.8. The highest BCUT2D eigenvalue weighted by atomic mass is 35.5. The second kappa shape index (κ2) is 9.89. The molecule has 0 atom stereocenters. The first kappa shape index (κ1) is 23.8. The Bertz CT molecular complexity index is 1130. The van der Waals surface area contributed by atoms with E-state index in [-0.39, 0.29) is 22.6 Å². The number of hydrogen-bond donors (Lipinski definition) is 1. The van der Waals surface area contributed by atoms with Crippen molar-refractivity contribution in [2.45, 2.75) is 25.3 Å². The van der Waals surface area contributed by atoms with Gasteiger partial charge in [-0.2, -0.15) is 4.31 Å². The highest BCUT2D eigenvalue weighted by Crippen LogP contribution is 2.32. The molecule has 2 aliphatic heterocycles. The molecule has 8 nitrogen and oxygen atoms in total. The molecule has 2 aliphatic rings. The number of sulfonamides is 1.